The van der Waals surface area contributed by atoms with Crippen LogP contribution in [0.3, 0.4) is 0 Å². The van der Waals surface area contributed by atoms with Crippen LogP contribution in [0.15, 0.2) is 43.1 Å². The van der Waals surface area contributed by atoms with Gasteiger partial charge in [0.1, 0.15) is 23.8 Å². The van der Waals surface area contributed by atoms with Crippen molar-refractivity contribution in [2.45, 2.75) is 62.5 Å². The minimum absolute atomic E-state index is 0.0203. The Morgan fingerprint density at radius 1 is 1.19 bits per heavy atom. The number of pyridine rings is 1. The lowest BCUT2D eigenvalue weighted by Crippen LogP contribution is -2.58. The lowest BCUT2D eigenvalue weighted by molar-refractivity contribution is -0.141. The molecule has 2 fully saturated rings. The van der Waals surface area contributed by atoms with Gasteiger partial charge < -0.3 is 14.6 Å². The van der Waals surface area contributed by atoms with Gasteiger partial charge in [-0.2, -0.15) is 23.5 Å². The maximum absolute atomic E-state index is 13.5. The molecule has 1 N–H and O–H groups in total. The summed E-state index contributed by atoms with van der Waals surface area (Å²) in [5, 5.41) is 15.2. The summed E-state index contributed by atoms with van der Waals surface area (Å²) in [6, 6.07) is 7.26. The van der Waals surface area contributed by atoms with Crippen molar-refractivity contribution in [2.24, 2.45) is 0 Å². The van der Waals surface area contributed by atoms with E-state index in [9.17, 15) is 18.4 Å². The Balaban J connectivity index is 1.09. The van der Waals surface area contributed by atoms with Crippen LogP contribution in [0.1, 0.15) is 43.4 Å². The largest absolute Gasteiger partial charge is 0.474 e. The van der Waals surface area contributed by atoms with E-state index in [1.165, 1.54) is 6.33 Å². The van der Waals surface area contributed by atoms with Crippen LogP contribution in [0, 0.1) is 11.3 Å². The maximum atomic E-state index is 13.5. The predicted octanol–water partition coefficient (Wildman–Crippen LogP) is 4.61. The van der Waals surface area contributed by atoms with Gasteiger partial charge in [0, 0.05) is 55.1 Å². The quantitative estimate of drug-likeness (QED) is 0.322. The number of nitriles is 1. The highest BCUT2D eigenvalue weighted by atomic mass is 19.4. The molecule has 6 rings (SSSR count). The standard InChI is InChI=1S/C29H32F3N9O/c1-39(2)16-19-11-24(29(30,31)32)38-25(12-19)42-22-4-9-40(10-5-22)21-13-28(14-21,6-7-33)41-17-20(15-37-41)26-23-3-8-34-27(23)36-18-35-26/h3,8,11-12,15,17-18,21-22H,4-6,9-10,13-14,16H2,1-2H3,(H,34,35,36). The molecule has 0 atom stereocenters. The molecule has 2 aliphatic rings. The summed E-state index contributed by atoms with van der Waals surface area (Å²) in [7, 11) is 3.61. The third-order valence-electron chi connectivity index (χ3n) is 8.27. The van der Waals surface area contributed by atoms with Crippen LogP contribution in [0.4, 0.5) is 13.2 Å². The number of hydrogen-bond acceptors (Lipinski definition) is 8. The molecule has 1 aliphatic heterocycles. The van der Waals surface area contributed by atoms with Crippen LogP contribution in [-0.2, 0) is 18.3 Å². The average molecular weight is 580 g/mol. The third-order valence-corrected chi connectivity index (χ3v) is 8.27. The normalized spacial score (nSPS) is 21.9. The van der Waals surface area contributed by atoms with Gasteiger partial charge in [0.05, 0.1) is 29.9 Å². The Kier molecular flexibility index (Phi) is 7.36. The first kappa shape index (κ1) is 28.1. The first-order chi connectivity index (χ1) is 20.1. The lowest BCUT2D eigenvalue weighted by atomic mass is 9.69. The molecule has 0 unspecified atom stereocenters. The van der Waals surface area contributed by atoms with Crippen molar-refractivity contribution in [3.8, 4) is 23.2 Å². The minimum Gasteiger partial charge on any atom is -0.474 e. The van der Waals surface area contributed by atoms with Crippen LogP contribution >= 0.6 is 0 Å². The number of nitrogens with zero attached hydrogens (tertiary/aromatic N) is 8. The van der Waals surface area contributed by atoms with Gasteiger partial charge in [0.25, 0.3) is 0 Å². The van der Waals surface area contributed by atoms with Crippen LogP contribution in [-0.4, -0.2) is 78.8 Å². The topological polar surface area (TPSA) is 112 Å². The molecule has 0 spiro atoms. The molecule has 220 valence electrons. The van der Waals surface area contributed by atoms with Gasteiger partial charge in [-0.15, -0.1) is 0 Å². The molecule has 13 heteroatoms. The second kappa shape index (κ2) is 11.0. The molecule has 0 bridgehead atoms. The maximum Gasteiger partial charge on any atom is 0.433 e. The van der Waals surface area contributed by atoms with Crippen molar-refractivity contribution in [3.05, 3.63) is 54.4 Å². The van der Waals surface area contributed by atoms with E-state index in [4.69, 9.17) is 4.74 Å². The Labute approximate surface area is 241 Å². The molecule has 1 aliphatic carbocycles. The van der Waals surface area contributed by atoms with Crippen molar-refractivity contribution in [1.82, 2.24) is 39.5 Å². The molecule has 1 saturated carbocycles. The van der Waals surface area contributed by atoms with E-state index < -0.39 is 11.9 Å². The highest BCUT2D eigenvalue weighted by molar-refractivity contribution is 5.90. The Morgan fingerprint density at radius 3 is 2.69 bits per heavy atom. The van der Waals surface area contributed by atoms with Gasteiger partial charge in [-0.25, -0.2) is 15.0 Å². The van der Waals surface area contributed by atoms with Crippen LogP contribution in [0.2, 0.25) is 0 Å². The summed E-state index contributed by atoms with van der Waals surface area (Å²) in [6.07, 6.45) is 5.67. The summed E-state index contributed by atoms with van der Waals surface area (Å²) in [4.78, 5) is 19.8. The van der Waals surface area contributed by atoms with Gasteiger partial charge in [0.15, 0.2) is 0 Å². The molecule has 5 heterocycles. The second-order valence-electron chi connectivity index (χ2n) is 11.5. The SMILES string of the molecule is CN(C)Cc1cc(OC2CCN(C3CC(CC#N)(n4cc(-c5ncnc6[nH]ccc56)cn4)C3)CC2)nc(C(F)(F)F)c1. The number of aromatic nitrogens is 6. The molecule has 1 saturated heterocycles. The molecule has 4 aromatic rings. The summed E-state index contributed by atoms with van der Waals surface area (Å²) < 4.78 is 48.3. The fourth-order valence-corrected chi connectivity index (χ4v) is 6.19. The van der Waals surface area contributed by atoms with Crippen molar-refractivity contribution in [1.29, 1.82) is 5.26 Å². The number of piperidine rings is 1. The van der Waals surface area contributed by atoms with Gasteiger partial charge in [-0.3, -0.25) is 9.58 Å². The molecular weight excluding hydrogens is 547 g/mol. The monoisotopic (exact) mass is 579 g/mol. The number of ether oxygens (including phenoxy) is 1. The van der Waals surface area contributed by atoms with Crippen LogP contribution in [0.25, 0.3) is 22.3 Å². The van der Waals surface area contributed by atoms with Gasteiger partial charge >= 0.3 is 6.18 Å². The average Bonchev–Trinajstić information content (AvgIpc) is 3.60. The van der Waals surface area contributed by atoms with Gasteiger partial charge in [0.2, 0.25) is 5.88 Å². The smallest absolute Gasteiger partial charge is 0.433 e. The number of hydrogen-bond donors (Lipinski definition) is 1. The fraction of sp³-hybridized carbons (Fsp3) is 0.483. The fourth-order valence-electron chi connectivity index (χ4n) is 6.19. The summed E-state index contributed by atoms with van der Waals surface area (Å²) >= 11 is 0. The van der Waals surface area contributed by atoms with Crippen LogP contribution < -0.4 is 4.74 Å². The zero-order valence-corrected chi connectivity index (χ0v) is 23.5. The van der Waals surface area contributed by atoms with Crippen molar-refractivity contribution >= 4 is 11.0 Å². The van der Waals surface area contributed by atoms with E-state index >= 15 is 0 Å². The van der Waals surface area contributed by atoms with Crippen molar-refractivity contribution in [2.75, 3.05) is 27.2 Å². The molecule has 10 nitrogen and oxygen atoms in total. The number of aromatic amines is 1. The van der Waals surface area contributed by atoms with E-state index in [-0.39, 0.29) is 17.5 Å². The Bertz CT molecular complexity index is 1590. The second-order valence-corrected chi connectivity index (χ2v) is 11.5. The lowest BCUT2D eigenvalue weighted by Gasteiger charge is -2.52. The highest BCUT2D eigenvalue weighted by Crippen LogP contribution is 2.45. The number of halogens is 3. The van der Waals surface area contributed by atoms with Crippen molar-refractivity contribution in [3.63, 3.8) is 0 Å². The zero-order valence-electron chi connectivity index (χ0n) is 23.5. The zero-order chi connectivity index (χ0) is 29.5. The van der Waals surface area contributed by atoms with Crippen LogP contribution in [0.5, 0.6) is 5.88 Å². The number of rotatable bonds is 8. The molecular formula is C29H32F3N9O. The molecule has 0 amide bonds. The van der Waals surface area contributed by atoms with E-state index in [0.29, 0.717) is 37.4 Å². The Morgan fingerprint density at radius 2 is 1.98 bits per heavy atom. The number of alkyl halides is 3. The minimum atomic E-state index is -4.54. The van der Waals surface area contributed by atoms with E-state index in [2.05, 4.69) is 36.0 Å². The number of likely N-dealkylation sites (tertiary alicyclic amines) is 1. The number of H-pyrrole nitrogens is 1. The van der Waals surface area contributed by atoms with Gasteiger partial charge in [-0.05, 0) is 57.5 Å². The summed E-state index contributed by atoms with van der Waals surface area (Å²) in [5.41, 5.74) is 1.61. The third kappa shape index (κ3) is 5.56. The van der Waals surface area contributed by atoms with E-state index in [1.54, 1.807) is 26.4 Å². The molecule has 0 radical (unpaired) electrons. The molecule has 0 aromatic carbocycles. The van der Waals surface area contributed by atoms with E-state index in [0.717, 1.165) is 54.3 Å². The summed E-state index contributed by atoms with van der Waals surface area (Å²) in [6.45, 7) is 1.89. The molecule has 4 aromatic heterocycles. The number of fused-ring (bicyclic) bond motifs is 1. The first-order valence-electron chi connectivity index (χ1n) is 14.0. The highest BCUT2D eigenvalue weighted by Gasteiger charge is 2.49. The Hall–Kier alpha value is -4.02. The number of nitrogens with one attached hydrogen (secondary N) is 1. The first-order valence-corrected chi connectivity index (χ1v) is 14.0. The predicted molar refractivity (Wildman–Crippen MR) is 148 cm³/mol. The van der Waals surface area contributed by atoms with Crippen molar-refractivity contribution < 1.29 is 17.9 Å². The van der Waals surface area contributed by atoms with E-state index in [1.807, 2.05) is 28.0 Å². The van der Waals surface area contributed by atoms with Gasteiger partial charge in [-0.1, -0.05) is 0 Å². The molecule has 42 heavy (non-hydrogen) atoms. The summed E-state index contributed by atoms with van der Waals surface area (Å²) in [5.74, 6) is 0.0203.